The second-order valence-corrected chi connectivity index (χ2v) is 15.6. The van der Waals surface area contributed by atoms with Crippen molar-refractivity contribution < 1.29 is 57.1 Å². The lowest BCUT2D eigenvalue weighted by Gasteiger charge is -2.19. The SMILES string of the molecule is C=CC(=O)OCCCCOCC(COc1ccc(C(=O)Oc2cc3ccc(C(=O)Oc4ccc(C)cc4C)cc3cc2/C=N/Nc2nc3ccccc3s2)cc1)OC(=O)CCOC(=O)C=C. The summed E-state index contributed by atoms with van der Waals surface area (Å²) in [5.41, 5.74) is 6.64. The summed E-state index contributed by atoms with van der Waals surface area (Å²) in [7, 11) is 0. The number of rotatable bonds is 23. The van der Waals surface area contributed by atoms with Crippen LogP contribution in [0.4, 0.5) is 5.13 Å². The normalized spacial score (nSPS) is 11.4. The molecule has 0 bridgehead atoms. The highest BCUT2D eigenvalue weighted by Gasteiger charge is 2.19. The Kier molecular flexibility index (Phi) is 17.3. The van der Waals surface area contributed by atoms with Gasteiger partial charge in [-0.3, -0.25) is 10.2 Å². The zero-order valence-corrected chi connectivity index (χ0v) is 37.1. The molecular weight excluding hydrogens is 867 g/mol. The van der Waals surface area contributed by atoms with Gasteiger partial charge in [-0.2, -0.15) is 5.10 Å². The van der Waals surface area contributed by atoms with Crippen LogP contribution in [0.1, 0.15) is 56.7 Å². The topological polar surface area (TPSA) is 187 Å². The molecule has 0 radical (unpaired) electrons. The van der Waals surface area contributed by atoms with E-state index in [-0.39, 0.29) is 44.2 Å². The van der Waals surface area contributed by atoms with Crippen molar-refractivity contribution in [3.05, 3.63) is 150 Å². The van der Waals surface area contributed by atoms with Crippen molar-refractivity contribution in [2.75, 3.05) is 38.5 Å². The van der Waals surface area contributed by atoms with E-state index in [1.165, 1.54) is 29.7 Å². The Bertz CT molecular complexity index is 2710. The number of hydrazone groups is 1. The largest absolute Gasteiger partial charge is 0.490 e. The number of carbonyl (C=O) groups is 5. The predicted octanol–water partition coefficient (Wildman–Crippen LogP) is 8.89. The smallest absolute Gasteiger partial charge is 0.343 e. The zero-order valence-electron chi connectivity index (χ0n) is 36.3. The summed E-state index contributed by atoms with van der Waals surface area (Å²) in [4.78, 5) is 66.6. The van der Waals surface area contributed by atoms with E-state index >= 15 is 0 Å². The number of para-hydroxylation sites is 1. The lowest BCUT2D eigenvalue weighted by Crippen LogP contribution is -2.30. The Morgan fingerprint density at radius 3 is 2.21 bits per heavy atom. The monoisotopic (exact) mass is 913 g/mol. The molecule has 0 aliphatic carbocycles. The third-order valence-corrected chi connectivity index (χ3v) is 10.5. The number of carbonyl (C=O) groups excluding carboxylic acids is 5. The molecule has 340 valence electrons. The molecule has 66 heavy (non-hydrogen) atoms. The third kappa shape index (κ3) is 14.2. The number of thiazole rings is 1. The lowest BCUT2D eigenvalue weighted by atomic mass is 10.0. The Labute approximate surface area is 384 Å². The minimum Gasteiger partial charge on any atom is -0.490 e. The Morgan fingerprint density at radius 2 is 1.45 bits per heavy atom. The van der Waals surface area contributed by atoms with Crippen molar-refractivity contribution in [2.45, 2.75) is 39.2 Å². The highest BCUT2D eigenvalue weighted by molar-refractivity contribution is 7.22. The van der Waals surface area contributed by atoms with Crippen molar-refractivity contribution in [3.8, 4) is 17.2 Å². The first-order chi connectivity index (χ1) is 32.0. The van der Waals surface area contributed by atoms with Crippen molar-refractivity contribution in [1.29, 1.82) is 0 Å². The summed E-state index contributed by atoms with van der Waals surface area (Å²) < 4.78 is 39.7. The van der Waals surface area contributed by atoms with Gasteiger partial charge in [-0.15, -0.1) is 0 Å². The van der Waals surface area contributed by atoms with Gasteiger partial charge in [0.15, 0.2) is 6.10 Å². The number of benzene rings is 5. The van der Waals surface area contributed by atoms with Crippen LogP contribution < -0.4 is 19.6 Å². The van der Waals surface area contributed by atoms with Crippen LogP contribution in [0.5, 0.6) is 17.2 Å². The van der Waals surface area contributed by atoms with Gasteiger partial charge in [-0.25, -0.2) is 24.2 Å². The van der Waals surface area contributed by atoms with Gasteiger partial charge in [-0.1, -0.05) is 60.4 Å². The molecule has 0 amide bonds. The summed E-state index contributed by atoms with van der Waals surface area (Å²) in [6.45, 7) is 10.7. The lowest BCUT2D eigenvalue weighted by molar-refractivity contribution is -0.156. The molecule has 0 saturated carbocycles. The van der Waals surface area contributed by atoms with E-state index in [0.29, 0.717) is 58.0 Å². The maximum Gasteiger partial charge on any atom is 0.343 e. The maximum atomic E-state index is 13.6. The molecule has 0 aliphatic heterocycles. The van der Waals surface area contributed by atoms with E-state index in [0.717, 1.165) is 33.5 Å². The number of esters is 5. The van der Waals surface area contributed by atoms with Gasteiger partial charge < -0.3 is 33.2 Å². The van der Waals surface area contributed by atoms with Crippen LogP contribution in [0, 0.1) is 13.8 Å². The maximum absolute atomic E-state index is 13.6. The summed E-state index contributed by atoms with van der Waals surface area (Å²) in [5, 5.41) is 6.33. The fraction of sp³-hybridized carbons (Fsp3) is 0.220. The number of aryl methyl sites for hydroxylation is 2. The summed E-state index contributed by atoms with van der Waals surface area (Å²) >= 11 is 1.43. The van der Waals surface area contributed by atoms with Gasteiger partial charge in [0, 0.05) is 24.3 Å². The molecule has 1 atom stereocenters. The van der Waals surface area contributed by atoms with E-state index < -0.39 is 36.0 Å². The first-order valence-electron chi connectivity index (χ1n) is 20.8. The second kappa shape index (κ2) is 23.8. The van der Waals surface area contributed by atoms with Crippen LogP contribution in [0.25, 0.3) is 21.0 Å². The van der Waals surface area contributed by atoms with Gasteiger partial charge in [0.1, 0.15) is 30.5 Å². The number of unbranched alkanes of at least 4 members (excludes halogenated alkanes) is 1. The molecule has 1 N–H and O–H groups in total. The fourth-order valence-electron chi connectivity index (χ4n) is 6.20. The van der Waals surface area contributed by atoms with Crippen molar-refractivity contribution >= 4 is 73.5 Å². The third-order valence-electron chi connectivity index (χ3n) is 9.54. The van der Waals surface area contributed by atoms with Crippen molar-refractivity contribution in [1.82, 2.24) is 4.98 Å². The minimum atomic E-state index is -0.841. The van der Waals surface area contributed by atoms with E-state index in [2.05, 4.69) is 28.7 Å². The highest BCUT2D eigenvalue weighted by Crippen LogP contribution is 2.29. The Morgan fingerprint density at radius 1 is 0.742 bits per heavy atom. The predicted molar refractivity (Wildman–Crippen MR) is 249 cm³/mol. The van der Waals surface area contributed by atoms with Gasteiger partial charge in [0.25, 0.3) is 0 Å². The van der Waals surface area contributed by atoms with Crippen molar-refractivity contribution in [3.63, 3.8) is 0 Å². The molecule has 5 aromatic carbocycles. The fourth-order valence-corrected chi connectivity index (χ4v) is 7.02. The van der Waals surface area contributed by atoms with Crippen LogP contribution >= 0.6 is 11.3 Å². The quantitative estimate of drug-likeness (QED) is 0.0122. The first kappa shape index (κ1) is 47.8. The van der Waals surface area contributed by atoms with Gasteiger partial charge >= 0.3 is 29.8 Å². The number of hydrogen-bond acceptors (Lipinski definition) is 16. The van der Waals surface area contributed by atoms with Crippen LogP contribution in [-0.2, 0) is 33.3 Å². The molecule has 15 nitrogen and oxygen atoms in total. The molecule has 1 heterocycles. The van der Waals surface area contributed by atoms with E-state index in [4.69, 9.17) is 33.2 Å². The molecule has 6 aromatic rings. The van der Waals surface area contributed by atoms with Gasteiger partial charge in [0.2, 0.25) is 5.13 Å². The van der Waals surface area contributed by atoms with Crippen LogP contribution in [0.15, 0.2) is 127 Å². The number of ether oxygens (including phenoxy) is 7. The number of fused-ring (bicyclic) bond motifs is 2. The molecule has 1 unspecified atom stereocenters. The molecule has 1 aromatic heterocycles. The molecule has 0 fully saturated rings. The number of aromatic nitrogens is 1. The zero-order chi connectivity index (χ0) is 46.8. The first-order valence-corrected chi connectivity index (χ1v) is 21.6. The second-order valence-electron chi connectivity index (χ2n) is 14.6. The Balaban J connectivity index is 1.13. The molecular formula is C50H47N3O12S. The molecule has 0 saturated heterocycles. The minimum absolute atomic E-state index is 0.0128. The molecule has 0 aliphatic rings. The summed E-state index contributed by atoms with van der Waals surface area (Å²) in [6.07, 6.45) is 3.67. The summed E-state index contributed by atoms with van der Waals surface area (Å²) in [5.74, 6) is -1.97. The summed E-state index contributed by atoms with van der Waals surface area (Å²) in [6, 6.07) is 28.0. The number of nitrogens with one attached hydrogen (secondary N) is 1. The molecule has 0 spiro atoms. The average Bonchev–Trinajstić information content (AvgIpc) is 3.74. The van der Waals surface area contributed by atoms with Crippen LogP contribution in [0.3, 0.4) is 0 Å². The highest BCUT2D eigenvalue weighted by atomic mass is 32.1. The molecule has 6 rings (SSSR count). The molecule has 16 heteroatoms. The van der Waals surface area contributed by atoms with Gasteiger partial charge in [0.05, 0.1) is 47.2 Å². The van der Waals surface area contributed by atoms with Crippen LogP contribution in [0.2, 0.25) is 0 Å². The average molecular weight is 914 g/mol. The Hall–Kier alpha value is -7.69. The van der Waals surface area contributed by atoms with E-state index in [9.17, 15) is 24.0 Å². The number of nitrogens with zero attached hydrogens (tertiary/aromatic N) is 2. The van der Waals surface area contributed by atoms with Gasteiger partial charge in [-0.05, 0) is 110 Å². The standard InChI is InChI=1S/C50H47N3O12S/c1-5-45(54)60-23-10-9-22-59-30-40(63-47(56)21-24-61-46(55)6-2)31-62-39-18-16-34(17-19-39)48(57)65-43-28-35-14-15-36(49(58)64-42-20-13-32(3)25-33(42)4)26-37(35)27-38(43)29-51-53-50-52-41-11-7-8-12-44(41)66-50/h5-8,11-20,25-29,40H,1-2,9-10,21-24,30-31H2,3-4H3,(H,52,53)/b51-29+. The van der Waals surface area contributed by atoms with E-state index in [1.54, 1.807) is 48.5 Å². The number of anilines is 1. The van der Waals surface area contributed by atoms with Crippen LogP contribution in [-0.4, -0.2) is 80.2 Å². The van der Waals surface area contributed by atoms with E-state index in [1.807, 2.05) is 50.2 Å². The van der Waals surface area contributed by atoms with Crippen molar-refractivity contribution in [2.24, 2.45) is 5.10 Å². The number of hydrogen-bond donors (Lipinski definition) is 1.